The van der Waals surface area contributed by atoms with Crippen molar-refractivity contribution in [3.63, 3.8) is 0 Å². The second-order valence-electron chi connectivity index (χ2n) is 6.00. The van der Waals surface area contributed by atoms with Gasteiger partial charge in [0.15, 0.2) is 0 Å². The number of amides is 2. The van der Waals surface area contributed by atoms with Gasteiger partial charge in [-0.2, -0.15) is 0 Å². The van der Waals surface area contributed by atoms with Crippen molar-refractivity contribution < 1.29 is 14.3 Å². The Hall–Kier alpha value is -2.05. The van der Waals surface area contributed by atoms with Crippen LogP contribution in [0.3, 0.4) is 0 Å². The number of ether oxygens (including phenoxy) is 1. The zero-order valence-electron chi connectivity index (χ0n) is 14.2. The predicted octanol–water partition coefficient (Wildman–Crippen LogP) is 4.35. The van der Waals surface area contributed by atoms with E-state index in [1.165, 1.54) is 0 Å². The van der Waals surface area contributed by atoms with E-state index in [2.05, 4.69) is 21.2 Å². The van der Waals surface area contributed by atoms with E-state index in [4.69, 9.17) is 16.3 Å². The van der Waals surface area contributed by atoms with Crippen LogP contribution in [0.5, 0.6) is 5.75 Å². The van der Waals surface area contributed by atoms with Crippen molar-refractivity contribution >= 4 is 45.0 Å². The van der Waals surface area contributed by atoms with E-state index < -0.39 is 6.04 Å². The highest BCUT2D eigenvalue weighted by molar-refractivity contribution is 9.10. The molecule has 136 valence electrons. The maximum atomic E-state index is 12.9. The van der Waals surface area contributed by atoms with Crippen molar-refractivity contribution in [3.8, 4) is 5.75 Å². The summed E-state index contributed by atoms with van der Waals surface area (Å²) in [5.41, 5.74) is 1.13. The number of nitrogens with zero attached hydrogens (tertiary/aromatic N) is 1. The minimum absolute atomic E-state index is 0.195. The molecular weight excluding hydrogens is 420 g/mol. The van der Waals surface area contributed by atoms with Crippen LogP contribution in [0.2, 0.25) is 5.02 Å². The van der Waals surface area contributed by atoms with E-state index in [0.29, 0.717) is 39.5 Å². The third kappa shape index (κ3) is 4.02. The van der Waals surface area contributed by atoms with Crippen LogP contribution >= 0.6 is 27.5 Å². The fourth-order valence-electron chi connectivity index (χ4n) is 3.00. The zero-order valence-corrected chi connectivity index (χ0v) is 16.5. The van der Waals surface area contributed by atoms with Crippen LogP contribution in [-0.4, -0.2) is 36.4 Å². The summed E-state index contributed by atoms with van der Waals surface area (Å²) < 4.78 is 5.77. The van der Waals surface area contributed by atoms with Gasteiger partial charge in [0.25, 0.3) is 5.91 Å². The monoisotopic (exact) mass is 436 g/mol. The molecule has 1 saturated heterocycles. The molecule has 0 spiro atoms. The highest BCUT2D eigenvalue weighted by Crippen LogP contribution is 2.27. The summed E-state index contributed by atoms with van der Waals surface area (Å²) in [5.74, 6) is 0.317. The molecule has 1 heterocycles. The first-order valence-corrected chi connectivity index (χ1v) is 9.37. The van der Waals surface area contributed by atoms with Crippen LogP contribution in [0.1, 0.15) is 23.2 Å². The fraction of sp³-hybridized carbons (Fsp3) is 0.263. The van der Waals surface area contributed by atoms with Crippen molar-refractivity contribution in [2.24, 2.45) is 0 Å². The second kappa shape index (κ2) is 8.10. The van der Waals surface area contributed by atoms with E-state index in [0.717, 1.165) is 6.42 Å². The van der Waals surface area contributed by atoms with Gasteiger partial charge in [0.05, 0.1) is 12.7 Å². The molecule has 5 nitrogen and oxygen atoms in total. The van der Waals surface area contributed by atoms with E-state index in [1.807, 2.05) is 0 Å². The number of halogens is 2. The second-order valence-corrected chi connectivity index (χ2v) is 7.29. The topological polar surface area (TPSA) is 58.6 Å². The van der Waals surface area contributed by atoms with Crippen molar-refractivity contribution in [2.75, 3.05) is 19.0 Å². The molecule has 0 saturated carbocycles. The summed E-state index contributed by atoms with van der Waals surface area (Å²) >= 11 is 9.40. The molecule has 1 atom stereocenters. The normalized spacial score (nSPS) is 16.4. The standard InChI is InChI=1S/C19H18BrClN2O3/c1-26-14-7-5-13(6-8-14)22-18(24)17-3-2-10-23(17)19(25)15-11-12(21)4-9-16(15)20/h4-9,11,17H,2-3,10H2,1H3,(H,22,24). The maximum Gasteiger partial charge on any atom is 0.255 e. The largest absolute Gasteiger partial charge is 0.497 e. The van der Waals surface area contributed by atoms with Gasteiger partial charge < -0.3 is 15.0 Å². The molecule has 1 aliphatic heterocycles. The first-order chi connectivity index (χ1) is 12.5. The third-order valence-electron chi connectivity index (χ3n) is 4.33. The molecule has 2 aromatic rings. The van der Waals surface area contributed by atoms with E-state index in [1.54, 1.807) is 54.5 Å². The molecule has 0 aromatic heterocycles. The summed E-state index contributed by atoms with van der Waals surface area (Å²) in [6, 6.07) is 11.6. The highest BCUT2D eigenvalue weighted by Gasteiger charge is 2.35. The number of carbonyl (C=O) groups excluding carboxylic acids is 2. The van der Waals surface area contributed by atoms with Gasteiger partial charge in [0.1, 0.15) is 11.8 Å². The highest BCUT2D eigenvalue weighted by atomic mass is 79.9. The fourth-order valence-corrected chi connectivity index (χ4v) is 3.59. The number of carbonyl (C=O) groups is 2. The minimum atomic E-state index is -0.504. The number of rotatable bonds is 4. The summed E-state index contributed by atoms with van der Waals surface area (Å²) in [6.07, 6.45) is 1.41. The number of likely N-dealkylation sites (tertiary alicyclic amines) is 1. The molecule has 1 fully saturated rings. The molecule has 0 radical (unpaired) electrons. The molecule has 1 unspecified atom stereocenters. The number of hydrogen-bond acceptors (Lipinski definition) is 3. The predicted molar refractivity (Wildman–Crippen MR) is 105 cm³/mol. The van der Waals surface area contributed by atoms with Crippen molar-refractivity contribution in [3.05, 3.63) is 57.5 Å². The first kappa shape index (κ1) is 18.7. The number of hydrogen-bond donors (Lipinski definition) is 1. The van der Waals surface area contributed by atoms with Gasteiger partial charge in [-0.15, -0.1) is 0 Å². The quantitative estimate of drug-likeness (QED) is 0.773. The summed E-state index contributed by atoms with van der Waals surface area (Å²) in [7, 11) is 1.59. The lowest BCUT2D eigenvalue weighted by Crippen LogP contribution is -2.43. The lowest BCUT2D eigenvalue weighted by molar-refractivity contribution is -0.119. The molecule has 2 aromatic carbocycles. The Labute approximate surface area is 165 Å². The minimum Gasteiger partial charge on any atom is -0.497 e. The zero-order chi connectivity index (χ0) is 18.7. The van der Waals surface area contributed by atoms with Gasteiger partial charge in [-0.3, -0.25) is 9.59 Å². The van der Waals surface area contributed by atoms with Crippen LogP contribution in [0.25, 0.3) is 0 Å². The van der Waals surface area contributed by atoms with Crippen molar-refractivity contribution in [1.29, 1.82) is 0 Å². The third-order valence-corrected chi connectivity index (χ3v) is 5.26. The molecule has 1 aliphatic rings. The van der Waals surface area contributed by atoms with E-state index in [-0.39, 0.29) is 11.8 Å². The van der Waals surface area contributed by atoms with E-state index in [9.17, 15) is 9.59 Å². The Morgan fingerprint density at radius 1 is 1.23 bits per heavy atom. The molecular formula is C19H18BrClN2O3. The number of benzene rings is 2. The Balaban J connectivity index is 1.75. The van der Waals surface area contributed by atoms with Gasteiger partial charge >= 0.3 is 0 Å². The molecule has 2 amide bonds. The van der Waals surface area contributed by atoms with Crippen LogP contribution in [0.15, 0.2) is 46.9 Å². The Kier molecular flexibility index (Phi) is 5.84. The van der Waals surface area contributed by atoms with Crippen LogP contribution in [0.4, 0.5) is 5.69 Å². The molecule has 7 heteroatoms. The molecule has 1 N–H and O–H groups in total. The number of methoxy groups -OCH3 is 1. The lowest BCUT2D eigenvalue weighted by Gasteiger charge is -2.24. The smallest absolute Gasteiger partial charge is 0.255 e. The van der Waals surface area contributed by atoms with Crippen LogP contribution < -0.4 is 10.1 Å². The summed E-state index contributed by atoms with van der Waals surface area (Å²) in [6.45, 7) is 0.540. The van der Waals surface area contributed by atoms with Crippen molar-refractivity contribution in [2.45, 2.75) is 18.9 Å². The SMILES string of the molecule is COc1ccc(NC(=O)C2CCCN2C(=O)c2cc(Cl)ccc2Br)cc1. The van der Waals surface area contributed by atoms with Gasteiger partial charge in [0.2, 0.25) is 5.91 Å². The Morgan fingerprint density at radius 2 is 1.96 bits per heavy atom. The van der Waals surface area contributed by atoms with E-state index >= 15 is 0 Å². The maximum absolute atomic E-state index is 12.9. The Morgan fingerprint density at radius 3 is 2.65 bits per heavy atom. The molecule has 0 aliphatic carbocycles. The van der Waals surface area contributed by atoms with Crippen LogP contribution in [0, 0.1) is 0 Å². The van der Waals surface area contributed by atoms with Crippen molar-refractivity contribution in [1.82, 2.24) is 4.90 Å². The average Bonchev–Trinajstić information content (AvgIpc) is 3.13. The Bertz CT molecular complexity index is 826. The summed E-state index contributed by atoms with van der Waals surface area (Å²) in [4.78, 5) is 27.2. The van der Waals surface area contributed by atoms with Crippen LogP contribution in [-0.2, 0) is 4.79 Å². The average molecular weight is 438 g/mol. The lowest BCUT2D eigenvalue weighted by atomic mass is 10.1. The molecule has 26 heavy (non-hydrogen) atoms. The van der Waals surface area contributed by atoms with Gasteiger partial charge in [-0.25, -0.2) is 0 Å². The number of anilines is 1. The number of nitrogens with one attached hydrogen (secondary N) is 1. The summed E-state index contributed by atoms with van der Waals surface area (Å²) in [5, 5.41) is 3.35. The molecule has 3 rings (SSSR count). The molecule has 0 bridgehead atoms. The van der Waals surface area contributed by atoms with Gasteiger partial charge in [-0.1, -0.05) is 11.6 Å². The van der Waals surface area contributed by atoms with Gasteiger partial charge in [-0.05, 0) is 71.2 Å². The first-order valence-electron chi connectivity index (χ1n) is 8.20. The van der Waals surface area contributed by atoms with Gasteiger partial charge in [0, 0.05) is 21.7 Å².